The number of hydrogen-bond donors (Lipinski definition) is 1. The number of nitrogens with zero attached hydrogens (tertiary/aromatic N) is 5. The number of rotatable bonds is 3. The Labute approximate surface area is 197 Å². The number of halogens is 2. The van der Waals surface area contributed by atoms with Gasteiger partial charge in [0.15, 0.2) is 5.83 Å². The number of hydrogen-bond acceptors (Lipinski definition) is 6. The predicted octanol–water partition coefficient (Wildman–Crippen LogP) is 3.46. The van der Waals surface area contributed by atoms with Crippen molar-refractivity contribution in [3.63, 3.8) is 0 Å². The van der Waals surface area contributed by atoms with Crippen molar-refractivity contribution in [2.24, 2.45) is 0 Å². The summed E-state index contributed by atoms with van der Waals surface area (Å²) in [6.07, 6.45) is 4.10. The number of carbonyl (C=O) groups excluding carboxylic acids is 1. The van der Waals surface area contributed by atoms with Crippen LogP contribution in [0.4, 0.5) is 10.2 Å². The third kappa shape index (κ3) is 3.07. The van der Waals surface area contributed by atoms with Crippen LogP contribution in [0, 0.1) is 0 Å². The third-order valence-electron chi connectivity index (χ3n) is 6.64. The van der Waals surface area contributed by atoms with Crippen molar-refractivity contribution in [1.29, 1.82) is 0 Å². The lowest BCUT2D eigenvalue weighted by atomic mass is 9.96. The summed E-state index contributed by atoms with van der Waals surface area (Å²) in [6.45, 7) is 4.01. The van der Waals surface area contributed by atoms with Crippen LogP contribution >= 0.6 is 11.6 Å². The molecule has 0 radical (unpaired) electrons. The number of carbonyl (C=O) groups is 1. The van der Waals surface area contributed by atoms with Crippen LogP contribution in [-0.2, 0) is 4.79 Å². The number of likely N-dealkylation sites (tertiary alicyclic amines) is 1. The van der Waals surface area contributed by atoms with Gasteiger partial charge < -0.3 is 9.80 Å². The first kappa shape index (κ1) is 20.7. The van der Waals surface area contributed by atoms with Crippen LogP contribution in [-0.4, -0.2) is 55.9 Å². The molecule has 34 heavy (non-hydrogen) atoms. The van der Waals surface area contributed by atoms with E-state index in [1.807, 2.05) is 35.2 Å². The Balaban J connectivity index is 1.40. The highest BCUT2D eigenvalue weighted by molar-refractivity contribution is 6.36. The van der Waals surface area contributed by atoms with Gasteiger partial charge in [0.1, 0.15) is 11.5 Å². The zero-order valence-electron chi connectivity index (χ0n) is 17.8. The van der Waals surface area contributed by atoms with Crippen molar-refractivity contribution in [2.45, 2.75) is 18.5 Å². The second kappa shape index (κ2) is 7.59. The molecule has 3 aromatic heterocycles. The second-order valence-electron chi connectivity index (χ2n) is 8.46. The number of anilines is 1. The number of nitrogens with one attached hydrogen (secondary N) is 1. The molecule has 1 N–H and O–H groups in total. The van der Waals surface area contributed by atoms with Gasteiger partial charge in [-0.1, -0.05) is 30.3 Å². The highest BCUT2D eigenvalue weighted by Crippen LogP contribution is 2.39. The average Bonchev–Trinajstić information content (AvgIpc) is 3.13. The van der Waals surface area contributed by atoms with Gasteiger partial charge in [-0.05, 0) is 24.6 Å². The summed E-state index contributed by atoms with van der Waals surface area (Å²) in [4.78, 5) is 43.9. The van der Waals surface area contributed by atoms with Crippen LogP contribution < -0.4 is 10.6 Å². The molecule has 1 amide bonds. The third-order valence-corrected chi connectivity index (χ3v) is 6.95. The number of pyridine rings is 2. The first-order valence-corrected chi connectivity index (χ1v) is 11.2. The minimum absolute atomic E-state index is 0.0402. The van der Waals surface area contributed by atoms with E-state index in [1.54, 1.807) is 12.4 Å². The van der Waals surface area contributed by atoms with Gasteiger partial charge in [0.2, 0.25) is 0 Å². The molecule has 170 valence electrons. The lowest BCUT2D eigenvalue weighted by Gasteiger charge is -2.47. The van der Waals surface area contributed by atoms with E-state index in [4.69, 9.17) is 16.6 Å². The molecular weight excluding hydrogens is 459 g/mol. The van der Waals surface area contributed by atoms with E-state index in [0.717, 1.165) is 16.3 Å². The first-order valence-electron chi connectivity index (χ1n) is 10.8. The molecular formula is C24H18ClFN6O2. The van der Waals surface area contributed by atoms with E-state index < -0.39 is 17.4 Å². The van der Waals surface area contributed by atoms with Crippen LogP contribution in [0.15, 0.2) is 59.9 Å². The Morgan fingerprint density at radius 3 is 2.85 bits per heavy atom. The molecule has 10 heteroatoms. The lowest BCUT2D eigenvalue weighted by molar-refractivity contribution is -0.130. The zero-order valence-corrected chi connectivity index (χ0v) is 18.6. The van der Waals surface area contributed by atoms with E-state index in [9.17, 15) is 14.0 Å². The van der Waals surface area contributed by atoms with E-state index in [0.29, 0.717) is 47.1 Å². The molecule has 2 aliphatic rings. The standard InChI is InChI=1S/C24H18ClFN6O2/c1-12(26)23(33)31-8-7-18-19(31)11-32(18)22-14-5-6-17(28-21(14)29-24(34)30-22)15-10-27-9-13-3-2-4-16(25)20(13)15/h2-6,9-10,18-19H,1,7-8,11H2,(H,28,29,30,34)/t18-,19-/m1/s1. The van der Waals surface area contributed by atoms with Crippen molar-refractivity contribution in [3.05, 3.63) is 70.6 Å². The Morgan fingerprint density at radius 2 is 2.03 bits per heavy atom. The Bertz CT molecular complexity index is 1570. The van der Waals surface area contributed by atoms with Gasteiger partial charge in [-0.15, -0.1) is 0 Å². The van der Waals surface area contributed by atoms with Gasteiger partial charge >= 0.3 is 5.69 Å². The zero-order chi connectivity index (χ0) is 23.6. The minimum atomic E-state index is -0.960. The molecule has 2 atom stereocenters. The number of H-pyrrole nitrogens is 1. The van der Waals surface area contributed by atoms with Gasteiger partial charge in [-0.3, -0.25) is 14.8 Å². The quantitative estimate of drug-likeness (QED) is 0.455. The van der Waals surface area contributed by atoms with E-state index in [2.05, 4.69) is 21.5 Å². The van der Waals surface area contributed by atoms with Gasteiger partial charge in [0.05, 0.1) is 23.2 Å². The summed E-state index contributed by atoms with van der Waals surface area (Å²) in [6, 6.07) is 9.14. The van der Waals surface area contributed by atoms with Crippen LogP contribution in [0.1, 0.15) is 6.42 Å². The van der Waals surface area contributed by atoms with Crippen molar-refractivity contribution in [3.8, 4) is 11.3 Å². The molecule has 4 aromatic rings. The molecule has 2 saturated heterocycles. The summed E-state index contributed by atoms with van der Waals surface area (Å²) >= 11 is 6.47. The number of amides is 1. The fraction of sp³-hybridized carbons (Fsp3) is 0.208. The molecule has 0 spiro atoms. The van der Waals surface area contributed by atoms with Gasteiger partial charge in [0.25, 0.3) is 5.91 Å². The lowest BCUT2D eigenvalue weighted by Crippen LogP contribution is -2.63. The summed E-state index contributed by atoms with van der Waals surface area (Å²) in [5.41, 5.74) is 1.24. The van der Waals surface area contributed by atoms with E-state index in [-0.39, 0.29) is 12.1 Å². The largest absolute Gasteiger partial charge is 0.348 e. The summed E-state index contributed by atoms with van der Waals surface area (Å²) in [5.74, 6) is -1.13. The van der Waals surface area contributed by atoms with Crippen LogP contribution in [0.5, 0.6) is 0 Å². The molecule has 1 aromatic carbocycles. The van der Waals surface area contributed by atoms with Gasteiger partial charge in [-0.25, -0.2) is 14.2 Å². The van der Waals surface area contributed by atoms with E-state index in [1.165, 1.54) is 4.90 Å². The van der Waals surface area contributed by atoms with Crippen LogP contribution in [0.3, 0.4) is 0 Å². The number of fused-ring (bicyclic) bond motifs is 3. The fourth-order valence-corrected chi connectivity index (χ4v) is 5.33. The molecule has 6 rings (SSSR count). The minimum Gasteiger partial charge on any atom is -0.348 e. The maximum atomic E-state index is 13.4. The fourth-order valence-electron chi connectivity index (χ4n) is 5.04. The van der Waals surface area contributed by atoms with Crippen LogP contribution in [0.2, 0.25) is 5.02 Å². The van der Waals surface area contributed by atoms with Gasteiger partial charge in [-0.2, -0.15) is 4.98 Å². The highest BCUT2D eigenvalue weighted by Gasteiger charge is 2.50. The van der Waals surface area contributed by atoms with Gasteiger partial charge in [0, 0.05) is 46.8 Å². The summed E-state index contributed by atoms with van der Waals surface area (Å²) in [5, 5.41) is 2.99. The number of aromatic amines is 1. The maximum Gasteiger partial charge on any atom is 0.348 e. The molecule has 0 unspecified atom stereocenters. The van der Waals surface area contributed by atoms with Crippen molar-refractivity contribution in [2.75, 3.05) is 18.0 Å². The summed E-state index contributed by atoms with van der Waals surface area (Å²) in [7, 11) is 0. The Morgan fingerprint density at radius 1 is 1.18 bits per heavy atom. The molecule has 0 saturated carbocycles. The van der Waals surface area contributed by atoms with Crippen molar-refractivity contribution in [1.82, 2.24) is 24.8 Å². The Hall–Kier alpha value is -3.85. The molecule has 5 heterocycles. The SMILES string of the molecule is C=C(F)C(=O)N1CC[C@@H]2[C@H]1CN2c1nc(=O)[nH]c2nc(-c3cncc4cccc(Cl)c34)ccc12. The predicted molar refractivity (Wildman–Crippen MR) is 127 cm³/mol. The summed E-state index contributed by atoms with van der Waals surface area (Å²) < 4.78 is 13.4. The van der Waals surface area contributed by atoms with Crippen LogP contribution in [0.25, 0.3) is 33.1 Å². The Kier molecular flexibility index (Phi) is 4.63. The van der Waals surface area contributed by atoms with Crippen molar-refractivity contribution < 1.29 is 9.18 Å². The normalized spacial score (nSPS) is 19.4. The smallest absolute Gasteiger partial charge is 0.348 e. The second-order valence-corrected chi connectivity index (χ2v) is 8.87. The monoisotopic (exact) mass is 476 g/mol. The molecule has 2 fully saturated rings. The first-order chi connectivity index (χ1) is 16.4. The van der Waals surface area contributed by atoms with E-state index >= 15 is 0 Å². The topological polar surface area (TPSA) is 95.1 Å². The van der Waals surface area contributed by atoms with Crippen molar-refractivity contribution >= 4 is 45.1 Å². The molecule has 0 bridgehead atoms. The number of benzene rings is 1. The number of aromatic nitrogens is 4. The molecule has 0 aliphatic carbocycles. The average molecular weight is 477 g/mol. The highest BCUT2D eigenvalue weighted by atomic mass is 35.5. The molecule has 8 nitrogen and oxygen atoms in total. The molecule has 2 aliphatic heterocycles. The maximum absolute atomic E-state index is 13.4.